The number of nitrogens with one attached hydrogen (secondary N) is 1. The lowest BCUT2D eigenvalue weighted by molar-refractivity contribution is -0.120. The van der Waals surface area contributed by atoms with E-state index in [1.807, 2.05) is 6.07 Å². The Balaban J connectivity index is 1.86. The summed E-state index contributed by atoms with van der Waals surface area (Å²) in [6.07, 6.45) is 2.17. The third-order valence-corrected chi connectivity index (χ3v) is 2.82. The molecule has 2 heteroatoms. The molecule has 1 aromatic rings. The second kappa shape index (κ2) is 3.82. The van der Waals surface area contributed by atoms with Gasteiger partial charge in [-0.15, -0.1) is 0 Å². The van der Waals surface area contributed by atoms with Crippen LogP contribution in [0.15, 0.2) is 30.3 Å². The third-order valence-electron chi connectivity index (χ3n) is 2.82. The summed E-state index contributed by atoms with van der Waals surface area (Å²) >= 11 is 0. The number of carbonyl (C=O) groups excluding carboxylic acids is 1. The Bertz CT molecular complexity index is 314. The van der Waals surface area contributed by atoms with E-state index in [4.69, 9.17) is 0 Å². The number of benzene rings is 1. The van der Waals surface area contributed by atoms with Gasteiger partial charge in [-0.1, -0.05) is 30.3 Å². The fourth-order valence-corrected chi connectivity index (χ4v) is 2.02. The molecule has 0 spiro atoms. The zero-order valence-electron chi connectivity index (χ0n) is 8.36. The SMILES string of the molecule is CC(=O)NC1CC(c2ccccc2)C1. The number of hydrogen-bond acceptors (Lipinski definition) is 1. The normalized spacial score (nSPS) is 25.2. The summed E-state index contributed by atoms with van der Waals surface area (Å²) < 4.78 is 0. The van der Waals surface area contributed by atoms with Crippen LogP contribution in [-0.4, -0.2) is 11.9 Å². The zero-order chi connectivity index (χ0) is 9.97. The largest absolute Gasteiger partial charge is 0.354 e. The van der Waals surface area contributed by atoms with Crippen LogP contribution in [0.1, 0.15) is 31.2 Å². The third kappa shape index (κ3) is 1.95. The molecule has 1 aliphatic carbocycles. The standard InChI is InChI=1S/C12H15NO/c1-9(14)13-12-7-11(8-12)10-5-3-2-4-6-10/h2-6,11-12H,7-8H2,1H3,(H,13,14). The number of rotatable bonds is 2. The minimum Gasteiger partial charge on any atom is -0.354 e. The van der Waals surface area contributed by atoms with E-state index in [1.54, 1.807) is 6.92 Å². The van der Waals surface area contributed by atoms with Gasteiger partial charge in [-0.3, -0.25) is 4.79 Å². The molecular weight excluding hydrogens is 174 g/mol. The van der Waals surface area contributed by atoms with Crippen molar-refractivity contribution in [2.75, 3.05) is 0 Å². The van der Waals surface area contributed by atoms with E-state index in [2.05, 4.69) is 29.6 Å². The minimum absolute atomic E-state index is 0.0847. The Hall–Kier alpha value is -1.31. The predicted molar refractivity (Wildman–Crippen MR) is 56.0 cm³/mol. The Morgan fingerprint density at radius 2 is 1.93 bits per heavy atom. The Labute approximate surface area is 84.3 Å². The highest BCUT2D eigenvalue weighted by atomic mass is 16.1. The molecule has 0 saturated heterocycles. The van der Waals surface area contributed by atoms with Gasteiger partial charge in [-0.2, -0.15) is 0 Å². The lowest BCUT2D eigenvalue weighted by atomic mass is 9.76. The Morgan fingerprint density at radius 1 is 1.29 bits per heavy atom. The van der Waals surface area contributed by atoms with Gasteiger partial charge in [0, 0.05) is 13.0 Å². The first-order valence-electron chi connectivity index (χ1n) is 5.08. The average Bonchev–Trinajstić information content (AvgIpc) is 2.12. The Morgan fingerprint density at radius 3 is 2.50 bits per heavy atom. The van der Waals surface area contributed by atoms with Crippen molar-refractivity contribution in [3.63, 3.8) is 0 Å². The maximum absolute atomic E-state index is 10.8. The first kappa shape index (κ1) is 9.25. The van der Waals surface area contributed by atoms with Gasteiger partial charge in [0.1, 0.15) is 0 Å². The van der Waals surface area contributed by atoms with Gasteiger partial charge in [0.05, 0.1) is 0 Å². The minimum atomic E-state index is 0.0847. The maximum Gasteiger partial charge on any atom is 0.217 e. The average molecular weight is 189 g/mol. The molecule has 0 radical (unpaired) electrons. The lowest BCUT2D eigenvalue weighted by Gasteiger charge is -2.35. The van der Waals surface area contributed by atoms with Gasteiger partial charge in [-0.05, 0) is 24.3 Å². The molecule has 0 aromatic heterocycles. The highest BCUT2D eigenvalue weighted by Gasteiger charge is 2.30. The monoisotopic (exact) mass is 189 g/mol. The van der Waals surface area contributed by atoms with Crippen LogP contribution in [0.4, 0.5) is 0 Å². The van der Waals surface area contributed by atoms with Crippen molar-refractivity contribution in [3.8, 4) is 0 Å². The van der Waals surface area contributed by atoms with Crippen LogP contribution in [0, 0.1) is 0 Å². The van der Waals surface area contributed by atoms with E-state index < -0.39 is 0 Å². The van der Waals surface area contributed by atoms with Crippen molar-refractivity contribution in [2.24, 2.45) is 0 Å². The summed E-state index contributed by atoms with van der Waals surface area (Å²) in [6.45, 7) is 1.58. The highest BCUT2D eigenvalue weighted by Crippen LogP contribution is 2.36. The van der Waals surface area contributed by atoms with Gasteiger partial charge >= 0.3 is 0 Å². The fraction of sp³-hybridized carbons (Fsp3) is 0.417. The number of carbonyl (C=O) groups is 1. The van der Waals surface area contributed by atoms with Crippen LogP contribution < -0.4 is 5.32 Å². The molecule has 1 aromatic carbocycles. The van der Waals surface area contributed by atoms with Crippen LogP contribution in [0.25, 0.3) is 0 Å². The van der Waals surface area contributed by atoms with Crippen molar-refractivity contribution in [1.82, 2.24) is 5.32 Å². The number of amides is 1. The molecule has 0 bridgehead atoms. The summed E-state index contributed by atoms with van der Waals surface area (Å²) in [5, 5.41) is 2.94. The molecule has 0 aliphatic heterocycles. The smallest absolute Gasteiger partial charge is 0.217 e. The molecule has 1 amide bonds. The fourth-order valence-electron chi connectivity index (χ4n) is 2.02. The highest BCUT2D eigenvalue weighted by molar-refractivity contribution is 5.73. The molecular formula is C12H15NO. The van der Waals surface area contributed by atoms with Crippen LogP contribution in [0.3, 0.4) is 0 Å². The topological polar surface area (TPSA) is 29.1 Å². The molecule has 0 unspecified atom stereocenters. The van der Waals surface area contributed by atoms with E-state index in [9.17, 15) is 4.79 Å². The molecule has 1 saturated carbocycles. The summed E-state index contributed by atoms with van der Waals surface area (Å²) in [7, 11) is 0. The summed E-state index contributed by atoms with van der Waals surface area (Å²) in [6, 6.07) is 10.9. The van der Waals surface area contributed by atoms with E-state index in [-0.39, 0.29) is 5.91 Å². The molecule has 2 nitrogen and oxygen atoms in total. The molecule has 0 atom stereocenters. The molecule has 0 heterocycles. The van der Waals surface area contributed by atoms with E-state index in [1.165, 1.54) is 5.56 Å². The zero-order valence-corrected chi connectivity index (χ0v) is 8.36. The summed E-state index contributed by atoms with van der Waals surface area (Å²) in [5.41, 5.74) is 1.40. The van der Waals surface area contributed by atoms with E-state index >= 15 is 0 Å². The lowest BCUT2D eigenvalue weighted by Crippen LogP contribution is -2.42. The first-order chi connectivity index (χ1) is 6.75. The van der Waals surface area contributed by atoms with Crippen LogP contribution in [0.5, 0.6) is 0 Å². The van der Waals surface area contributed by atoms with E-state index in [0.29, 0.717) is 12.0 Å². The van der Waals surface area contributed by atoms with Crippen molar-refractivity contribution in [3.05, 3.63) is 35.9 Å². The maximum atomic E-state index is 10.8. The van der Waals surface area contributed by atoms with Crippen molar-refractivity contribution >= 4 is 5.91 Å². The van der Waals surface area contributed by atoms with Gasteiger partial charge in [0.15, 0.2) is 0 Å². The van der Waals surface area contributed by atoms with Crippen LogP contribution in [0.2, 0.25) is 0 Å². The van der Waals surface area contributed by atoms with Gasteiger partial charge < -0.3 is 5.32 Å². The molecule has 14 heavy (non-hydrogen) atoms. The van der Waals surface area contributed by atoms with Crippen molar-refractivity contribution in [1.29, 1.82) is 0 Å². The molecule has 1 aliphatic rings. The summed E-state index contributed by atoms with van der Waals surface area (Å²) in [4.78, 5) is 10.8. The second-order valence-corrected chi connectivity index (χ2v) is 3.98. The predicted octanol–water partition coefficient (Wildman–Crippen LogP) is 2.07. The molecule has 1 N–H and O–H groups in total. The second-order valence-electron chi connectivity index (χ2n) is 3.98. The van der Waals surface area contributed by atoms with Crippen LogP contribution in [-0.2, 0) is 4.79 Å². The molecule has 74 valence electrons. The summed E-state index contributed by atoms with van der Waals surface area (Å²) in [5.74, 6) is 0.731. The van der Waals surface area contributed by atoms with Crippen molar-refractivity contribution in [2.45, 2.75) is 31.7 Å². The van der Waals surface area contributed by atoms with Gasteiger partial charge in [0.2, 0.25) is 5.91 Å². The Kier molecular flexibility index (Phi) is 2.53. The molecule has 1 fully saturated rings. The van der Waals surface area contributed by atoms with Crippen LogP contribution >= 0.6 is 0 Å². The van der Waals surface area contributed by atoms with E-state index in [0.717, 1.165) is 12.8 Å². The molecule has 2 rings (SSSR count). The van der Waals surface area contributed by atoms with Gasteiger partial charge in [-0.25, -0.2) is 0 Å². The number of hydrogen-bond donors (Lipinski definition) is 1. The first-order valence-corrected chi connectivity index (χ1v) is 5.08. The quantitative estimate of drug-likeness (QED) is 0.758. The van der Waals surface area contributed by atoms with Crippen molar-refractivity contribution < 1.29 is 4.79 Å². The van der Waals surface area contributed by atoms with Gasteiger partial charge in [0.25, 0.3) is 0 Å².